The van der Waals surface area contributed by atoms with Gasteiger partial charge in [-0.05, 0) is 24.6 Å². The van der Waals surface area contributed by atoms with E-state index in [1.807, 2.05) is 31.2 Å². The Bertz CT molecular complexity index is 283. The summed E-state index contributed by atoms with van der Waals surface area (Å²) >= 11 is 0. The molecule has 13 heavy (non-hydrogen) atoms. The van der Waals surface area contributed by atoms with Crippen molar-refractivity contribution in [2.75, 3.05) is 6.61 Å². The van der Waals surface area contributed by atoms with Crippen molar-refractivity contribution < 1.29 is 4.74 Å². The van der Waals surface area contributed by atoms with E-state index in [4.69, 9.17) is 10.5 Å². The van der Waals surface area contributed by atoms with Crippen LogP contribution in [0.1, 0.15) is 18.5 Å². The van der Waals surface area contributed by atoms with Crippen molar-refractivity contribution >= 4 is 0 Å². The summed E-state index contributed by atoms with van der Waals surface area (Å²) in [4.78, 5) is 0. The molecule has 0 bridgehead atoms. The van der Waals surface area contributed by atoms with Crippen LogP contribution in [0.5, 0.6) is 5.75 Å². The van der Waals surface area contributed by atoms with E-state index < -0.39 is 0 Å². The molecule has 1 atom stereocenters. The summed E-state index contributed by atoms with van der Waals surface area (Å²) in [6.07, 6.45) is 1.71. The molecule has 0 saturated heterocycles. The lowest BCUT2D eigenvalue weighted by atomic mass is 10.1. The Morgan fingerprint density at radius 3 is 3.00 bits per heavy atom. The minimum absolute atomic E-state index is 0.111. The van der Waals surface area contributed by atoms with Crippen molar-refractivity contribution in [1.82, 2.24) is 0 Å². The van der Waals surface area contributed by atoms with E-state index in [1.165, 1.54) is 0 Å². The fraction of sp³-hybridized carbons (Fsp3) is 0.273. The average Bonchev–Trinajstić information content (AvgIpc) is 2.18. The van der Waals surface area contributed by atoms with Crippen LogP contribution in [-0.4, -0.2) is 6.61 Å². The van der Waals surface area contributed by atoms with Gasteiger partial charge in [0.25, 0.3) is 0 Å². The average molecular weight is 177 g/mol. The van der Waals surface area contributed by atoms with Crippen LogP contribution in [-0.2, 0) is 0 Å². The van der Waals surface area contributed by atoms with Crippen LogP contribution in [0, 0.1) is 0 Å². The van der Waals surface area contributed by atoms with Gasteiger partial charge >= 0.3 is 0 Å². The molecule has 0 aromatic heterocycles. The monoisotopic (exact) mass is 177 g/mol. The molecule has 0 radical (unpaired) electrons. The van der Waals surface area contributed by atoms with Crippen LogP contribution in [0.4, 0.5) is 0 Å². The molecule has 0 amide bonds. The van der Waals surface area contributed by atoms with E-state index in [0.717, 1.165) is 11.3 Å². The van der Waals surface area contributed by atoms with Gasteiger partial charge in [0.1, 0.15) is 5.75 Å². The highest BCUT2D eigenvalue weighted by atomic mass is 16.5. The van der Waals surface area contributed by atoms with Crippen molar-refractivity contribution in [3.8, 4) is 5.75 Å². The molecule has 0 fully saturated rings. The number of nitrogens with two attached hydrogens (primary N) is 1. The quantitative estimate of drug-likeness (QED) is 0.716. The molecule has 2 N–H and O–H groups in total. The van der Waals surface area contributed by atoms with Gasteiger partial charge in [0.05, 0.1) is 6.61 Å². The van der Waals surface area contributed by atoms with E-state index in [1.54, 1.807) is 6.08 Å². The summed E-state index contributed by atoms with van der Waals surface area (Å²) in [7, 11) is 0. The molecule has 1 unspecified atom stereocenters. The standard InChI is InChI=1S/C11H15NO/c1-3-11(12)9-6-5-7-10(8-9)13-4-2/h3,5-8,11H,1,4,12H2,2H3. The topological polar surface area (TPSA) is 35.2 Å². The van der Waals surface area contributed by atoms with Crippen LogP contribution in [0.2, 0.25) is 0 Å². The second-order valence-corrected chi connectivity index (χ2v) is 2.77. The molecular weight excluding hydrogens is 162 g/mol. The van der Waals surface area contributed by atoms with Crippen LogP contribution in [0.3, 0.4) is 0 Å². The zero-order valence-electron chi connectivity index (χ0n) is 7.86. The maximum atomic E-state index is 5.79. The fourth-order valence-electron chi connectivity index (χ4n) is 1.11. The molecule has 0 aliphatic rings. The van der Waals surface area contributed by atoms with Crippen molar-refractivity contribution in [2.24, 2.45) is 5.73 Å². The van der Waals surface area contributed by atoms with Gasteiger partial charge in [-0.1, -0.05) is 18.2 Å². The number of hydrogen-bond acceptors (Lipinski definition) is 2. The minimum atomic E-state index is -0.111. The largest absolute Gasteiger partial charge is 0.494 e. The van der Waals surface area contributed by atoms with E-state index in [9.17, 15) is 0 Å². The summed E-state index contributed by atoms with van der Waals surface area (Å²) in [6.45, 7) is 6.28. The molecule has 0 spiro atoms. The first-order valence-corrected chi connectivity index (χ1v) is 4.38. The van der Waals surface area contributed by atoms with Gasteiger partial charge in [-0.25, -0.2) is 0 Å². The molecule has 0 saturated carbocycles. The Hall–Kier alpha value is -1.28. The van der Waals surface area contributed by atoms with Gasteiger partial charge in [-0.2, -0.15) is 0 Å². The van der Waals surface area contributed by atoms with Gasteiger partial charge < -0.3 is 10.5 Å². The molecule has 1 aromatic carbocycles. The predicted octanol–water partition coefficient (Wildman–Crippen LogP) is 2.27. The molecule has 1 aromatic rings. The second-order valence-electron chi connectivity index (χ2n) is 2.77. The fourth-order valence-corrected chi connectivity index (χ4v) is 1.11. The Balaban J connectivity index is 2.84. The number of benzene rings is 1. The summed E-state index contributed by atoms with van der Waals surface area (Å²) in [5, 5.41) is 0. The zero-order valence-corrected chi connectivity index (χ0v) is 7.86. The van der Waals surface area contributed by atoms with Gasteiger partial charge in [0.2, 0.25) is 0 Å². The van der Waals surface area contributed by atoms with E-state index in [2.05, 4.69) is 6.58 Å². The summed E-state index contributed by atoms with van der Waals surface area (Å²) in [5.41, 5.74) is 6.81. The minimum Gasteiger partial charge on any atom is -0.494 e. The van der Waals surface area contributed by atoms with Crippen molar-refractivity contribution in [3.63, 3.8) is 0 Å². The number of rotatable bonds is 4. The maximum Gasteiger partial charge on any atom is 0.119 e. The van der Waals surface area contributed by atoms with E-state index >= 15 is 0 Å². The molecule has 0 aliphatic heterocycles. The van der Waals surface area contributed by atoms with Gasteiger partial charge in [-0.15, -0.1) is 6.58 Å². The lowest BCUT2D eigenvalue weighted by Crippen LogP contribution is -2.06. The molecule has 0 aliphatic carbocycles. The third-order valence-electron chi connectivity index (χ3n) is 1.81. The molecule has 2 nitrogen and oxygen atoms in total. The lowest BCUT2D eigenvalue weighted by molar-refractivity contribution is 0.340. The van der Waals surface area contributed by atoms with Gasteiger partial charge in [0.15, 0.2) is 0 Å². The van der Waals surface area contributed by atoms with Gasteiger partial charge in [0, 0.05) is 6.04 Å². The summed E-state index contributed by atoms with van der Waals surface area (Å²) < 4.78 is 5.35. The van der Waals surface area contributed by atoms with Crippen molar-refractivity contribution in [2.45, 2.75) is 13.0 Å². The van der Waals surface area contributed by atoms with Crippen LogP contribution < -0.4 is 10.5 Å². The first-order chi connectivity index (χ1) is 6.27. The molecular formula is C11H15NO. The number of hydrogen-bond donors (Lipinski definition) is 1. The van der Waals surface area contributed by atoms with Gasteiger partial charge in [-0.3, -0.25) is 0 Å². The number of ether oxygens (including phenoxy) is 1. The first-order valence-electron chi connectivity index (χ1n) is 4.38. The molecule has 70 valence electrons. The highest BCUT2D eigenvalue weighted by Gasteiger charge is 2.01. The Morgan fingerprint density at radius 1 is 1.62 bits per heavy atom. The Labute approximate surface area is 79.0 Å². The maximum absolute atomic E-state index is 5.79. The van der Waals surface area contributed by atoms with Crippen LogP contribution in [0.15, 0.2) is 36.9 Å². The summed E-state index contributed by atoms with van der Waals surface area (Å²) in [5.74, 6) is 0.859. The summed E-state index contributed by atoms with van der Waals surface area (Å²) in [6, 6.07) is 7.65. The Kier molecular flexibility index (Phi) is 3.53. The lowest BCUT2D eigenvalue weighted by Gasteiger charge is -2.08. The molecule has 1 rings (SSSR count). The molecule has 2 heteroatoms. The SMILES string of the molecule is C=CC(N)c1cccc(OCC)c1. The van der Waals surface area contributed by atoms with Crippen LogP contribution in [0.25, 0.3) is 0 Å². The zero-order chi connectivity index (χ0) is 9.68. The van der Waals surface area contributed by atoms with Crippen LogP contribution >= 0.6 is 0 Å². The van der Waals surface area contributed by atoms with Crippen molar-refractivity contribution in [1.29, 1.82) is 0 Å². The van der Waals surface area contributed by atoms with E-state index in [-0.39, 0.29) is 6.04 Å². The first kappa shape index (κ1) is 9.81. The highest BCUT2D eigenvalue weighted by Crippen LogP contribution is 2.18. The highest BCUT2D eigenvalue weighted by molar-refractivity contribution is 5.31. The van der Waals surface area contributed by atoms with Crippen molar-refractivity contribution in [3.05, 3.63) is 42.5 Å². The molecule has 0 heterocycles. The normalized spacial score (nSPS) is 12.2. The Morgan fingerprint density at radius 2 is 2.38 bits per heavy atom. The second kappa shape index (κ2) is 4.67. The smallest absolute Gasteiger partial charge is 0.119 e. The third kappa shape index (κ3) is 2.60. The predicted molar refractivity (Wildman–Crippen MR) is 54.7 cm³/mol. The van der Waals surface area contributed by atoms with E-state index in [0.29, 0.717) is 6.61 Å². The third-order valence-corrected chi connectivity index (χ3v) is 1.81.